The van der Waals surface area contributed by atoms with E-state index in [4.69, 9.17) is 0 Å². The molecule has 0 heterocycles. The maximum atomic E-state index is 12.4. The average molecular weight is 358 g/mol. The zero-order chi connectivity index (χ0) is 19.2. The molecule has 3 rings (SSSR count). The van der Waals surface area contributed by atoms with E-state index in [1.54, 1.807) is 24.3 Å². The predicted octanol–water partition coefficient (Wildman–Crippen LogP) is 5.06. The van der Waals surface area contributed by atoms with Crippen molar-refractivity contribution in [2.75, 3.05) is 10.6 Å². The van der Waals surface area contributed by atoms with E-state index in [0.29, 0.717) is 22.5 Å². The van der Waals surface area contributed by atoms with Gasteiger partial charge in [-0.2, -0.15) is 0 Å². The summed E-state index contributed by atoms with van der Waals surface area (Å²) < 4.78 is 0. The molecule has 0 atom stereocenters. The second-order valence-electron chi connectivity index (χ2n) is 6.35. The highest BCUT2D eigenvalue weighted by Crippen LogP contribution is 2.21. The molecule has 0 fully saturated rings. The first-order chi connectivity index (χ1) is 13.1. The van der Waals surface area contributed by atoms with Crippen molar-refractivity contribution in [3.8, 4) is 0 Å². The predicted molar refractivity (Wildman–Crippen MR) is 109 cm³/mol. The molecule has 136 valence electrons. The Morgan fingerprint density at radius 3 is 2.04 bits per heavy atom. The van der Waals surface area contributed by atoms with Gasteiger partial charge in [-0.25, -0.2) is 0 Å². The van der Waals surface area contributed by atoms with Crippen molar-refractivity contribution < 1.29 is 9.59 Å². The van der Waals surface area contributed by atoms with Crippen molar-refractivity contribution in [1.29, 1.82) is 0 Å². The first kappa shape index (κ1) is 18.4. The topological polar surface area (TPSA) is 58.2 Å². The summed E-state index contributed by atoms with van der Waals surface area (Å²) in [5.74, 6) is -0.315. The number of hydrogen-bond donors (Lipinski definition) is 2. The zero-order valence-electron chi connectivity index (χ0n) is 15.5. The smallest absolute Gasteiger partial charge is 0.255 e. The quantitative estimate of drug-likeness (QED) is 0.669. The van der Waals surface area contributed by atoms with E-state index in [2.05, 4.69) is 17.6 Å². The highest BCUT2D eigenvalue weighted by atomic mass is 16.2. The third kappa shape index (κ3) is 4.61. The molecule has 0 spiro atoms. The van der Waals surface area contributed by atoms with Crippen molar-refractivity contribution in [2.24, 2.45) is 0 Å². The summed E-state index contributed by atoms with van der Waals surface area (Å²) in [5.41, 5.74) is 4.69. The van der Waals surface area contributed by atoms with E-state index in [9.17, 15) is 9.59 Å². The van der Waals surface area contributed by atoms with Gasteiger partial charge in [0.25, 0.3) is 11.8 Å². The molecule has 0 aliphatic rings. The molecule has 0 saturated carbocycles. The second-order valence-corrected chi connectivity index (χ2v) is 6.35. The van der Waals surface area contributed by atoms with Crippen LogP contribution >= 0.6 is 0 Å². The summed E-state index contributed by atoms with van der Waals surface area (Å²) in [6.45, 7) is 3.97. The number of nitrogens with one attached hydrogen (secondary N) is 2. The molecule has 3 aromatic carbocycles. The molecule has 0 aliphatic heterocycles. The summed E-state index contributed by atoms with van der Waals surface area (Å²) in [7, 11) is 0. The number of aryl methyl sites for hydroxylation is 2. The maximum Gasteiger partial charge on any atom is 0.255 e. The summed E-state index contributed by atoms with van der Waals surface area (Å²) in [6.07, 6.45) is 0.942. The number of benzene rings is 3. The average Bonchev–Trinajstić information content (AvgIpc) is 2.70. The number of rotatable bonds is 5. The van der Waals surface area contributed by atoms with Gasteiger partial charge in [0.05, 0.1) is 0 Å². The largest absolute Gasteiger partial charge is 0.322 e. The van der Waals surface area contributed by atoms with Crippen LogP contribution in [0.2, 0.25) is 0 Å². The molecular weight excluding hydrogens is 336 g/mol. The third-order valence-electron chi connectivity index (χ3n) is 4.39. The molecule has 3 aromatic rings. The van der Waals surface area contributed by atoms with Crippen LogP contribution in [0.3, 0.4) is 0 Å². The van der Waals surface area contributed by atoms with Gasteiger partial charge in [-0.15, -0.1) is 0 Å². The van der Waals surface area contributed by atoms with Crippen LogP contribution in [0.1, 0.15) is 38.8 Å². The monoisotopic (exact) mass is 358 g/mol. The first-order valence-electron chi connectivity index (χ1n) is 8.94. The molecule has 0 bridgehead atoms. The van der Waals surface area contributed by atoms with E-state index in [-0.39, 0.29) is 11.8 Å². The minimum absolute atomic E-state index is 0.155. The van der Waals surface area contributed by atoms with Crippen LogP contribution in [0.15, 0.2) is 72.8 Å². The SMILES string of the molecule is CCc1ccc(C(=O)Nc2ccc(NC(=O)c3ccccc3)c(C)c2)cc1. The van der Waals surface area contributed by atoms with Gasteiger partial charge in [0.15, 0.2) is 0 Å². The number of hydrogen-bond acceptors (Lipinski definition) is 2. The molecule has 0 aromatic heterocycles. The van der Waals surface area contributed by atoms with Gasteiger partial charge in [0, 0.05) is 22.5 Å². The fraction of sp³-hybridized carbons (Fsp3) is 0.130. The van der Waals surface area contributed by atoms with Crippen molar-refractivity contribution in [2.45, 2.75) is 20.3 Å². The molecule has 2 N–H and O–H groups in total. The Balaban J connectivity index is 1.68. The van der Waals surface area contributed by atoms with Crippen LogP contribution in [0, 0.1) is 6.92 Å². The number of anilines is 2. The Morgan fingerprint density at radius 1 is 0.778 bits per heavy atom. The van der Waals surface area contributed by atoms with Crippen molar-refractivity contribution in [3.05, 3.63) is 95.1 Å². The fourth-order valence-electron chi connectivity index (χ4n) is 2.76. The molecule has 27 heavy (non-hydrogen) atoms. The van der Waals surface area contributed by atoms with Crippen LogP contribution in [-0.4, -0.2) is 11.8 Å². The Bertz CT molecular complexity index is 948. The second kappa shape index (κ2) is 8.32. The summed E-state index contributed by atoms with van der Waals surface area (Å²) in [4.78, 5) is 24.7. The van der Waals surface area contributed by atoms with Gasteiger partial charge in [-0.3, -0.25) is 9.59 Å². The van der Waals surface area contributed by atoms with E-state index >= 15 is 0 Å². The van der Waals surface area contributed by atoms with Crippen molar-refractivity contribution >= 4 is 23.2 Å². The van der Waals surface area contributed by atoms with Crippen LogP contribution < -0.4 is 10.6 Å². The van der Waals surface area contributed by atoms with Crippen LogP contribution in [-0.2, 0) is 6.42 Å². The number of carbonyl (C=O) groups is 2. The maximum absolute atomic E-state index is 12.4. The molecule has 4 nitrogen and oxygen atoms in total. The van der Waals surface area contributed by atoms with E-state index < -0.39 is 0 Å². The third-order valence-corrected chi connectivity index (χ3v) is 4.39. The van der Waals surface area contributed by atoms with Gasteiger partial charge >= 0.3 is 0 Å². The number of amides is 2. The van der Waals surface area contributed by atoms with Gasteiger partial charge in [0.1, 0.15) is 0 Å². The lowest BCUT2D eigenvalue weighted by molar-refractivity contribution is 0.101. The van der Waals surface area contributed by atoms with Crippen LogP contribution in [0.5, 0.6) is 0 Å². The Hall–Kier alpha value is -3.40. The first-order valence-corrected chi connectivity index (χ1v) is 8.94. The zero-order valence-corrected chi connectivity index (χ0v) is 15.5. The highest BCUT2D eigenvalue weighted by molar-refractivity contribution is 6.06. The molecule has 0 unspecified atom stereocenters. The Labute approximate surface area is 159 Å². The summed E-state index contributed by atoms with van der Waals surface area (Å²) in [5, 5.41) is 5.80. The Morgan fingerprint density at radius 2 is 1.41 bits per heavy atom. The summed E-state index contributed by atoms with van der Waals surface area (Å²) >= 11 is 0. The number of carbonyl (C=O) groups excluding carboxylic acids is 2. The van der Waals surface area contributed by atoms with Gasteiger partial charge in [0.2, 0.25) is 0 Å². The fourth-order valence-corrected chi connectivity index (χ4v) is 2.76. The molecule has 4 heteroatoms. The summed E-state index contributed by atoms with van der Waals surface area (Å²) in [6, 6.07) is 22.1. The minimum atomic E-state index is -0.161. The molecule has 0 radical (unpaired) electrons. The molecule has 0 aliphatic carbocycles. The van der Waals surface area contributed by atoms with Gasteiger partial charge in [-0.1, -0.05) is 37.3 Å². The lowest BCUT2D eigenvalue weighted by Gasteiger charge is -2.11. The van der Waals surface area contributed by atoms with Crippen LogP contribution in [0.4, 0.5) is 11.4 Å². The van der Waals surface area contributed by atoms with Gasteiger partial charge < -0.3 is 10.6 Å². The van der Waals surface area contributed by atoms with E-state index in [1.165, 1.54) is 5.56 Å². The normalized spacial score (nSPS) is 10.3. The molecular formula is C23H22N2O2. The highest BCUT2D eigenvalue weighted by Gasteiger charge is 2.10. The molecule has 0 saturated heterocycles. The minimum Gasteiger partial charge on any atom is -0.322 e. The van der Waals surface area contributed by atoms with Gasteiger partial charge in [-0.05, 0) is 66.9 Å². The van der Waals surface area contributed by atoms with Crippen LogP contribution in [0.25, 0.3) is 0 Å². The lowest BCUT2D eigenvalue weighted by atomic mass is 10.1. The lowest BCUT2D eigenvalue weighted by Crippen LogP contribution is -2.14. The van der Waals surface area contributed by atoms with Crippen molar-refractivity contribution in [3.63, 3.8) is 0 Å². The van der Waals surface area contributed by atoms with Crippen molar-refractivity contribution in [1.82, 2.24) is 0 Å². The Kier molecular flexibility index (Phi) is 5.67. The standard InChI is InChI=1S/C23H22N2O2/c1-3-17-9-11-19(12-10-17)22(26)24-20-13-14-21(16(2)15-20)25-23(27)18-7-5-4-6-8-18/h4-15H,3H2,1-2H3,(H,24,26)(H,25,27). The van der Waals surface area contributed by atoms with E-state index in [0.717, 1.165) is 12.0 Å². The molecule has 2 amide bonds. The van der Waals surface area contributed by atoms with E-state index in [1.807, 2.05) is 55.5 Å².